The fraction of sp³-hybridized carbons (Fsp3) is 0.222. The first kappa shape index (κ1) is 20.4. The molecule has 0 aliphatic rings. The molecule has 1 unspecified atom stereocenters. The summed E-state index contributed by atoms with van der Waals surface area (Å²) in [5.74, 6) is -1.26. The Morgan fingerprint density at radius 3 is 2.44 bits per heavy atom. The lowest BCUT2D eigenvalue weighted by Gasteiger charge is -2.15. The minimum Gasteiger partial charge on any atom is -0.496 e. The normalized spacial score (nSPS) is 11.6. The summed E-state index contributed by atoms with van der Waals surface area (Å²) < 4.78 is 38.9. The van der Waals surface area contributed by atoms with Gasteiger partial charge in [0.15, 0.2) is 6.10 Å². The van der Waals surface area contributed by atoms with Crippen LogP contribution in [0.1, 0.15) is 17.3 Å². The van der Waals surface area contributed by atoms with Crippen LogP contribution < -0.4 is 14.8 Å². The van der Waals surface area contributed by atoms with Gasteiger partial charge in [0.05, 0.1) is 12.1 Å². The van der Waals surface area contributed by atoms with Gasteiger partial charge in [0.25, 0.3) is 5.91 Å². The zero-order chi connectivity index (χ0) is 20.0. The summed E-state index contributed by atoms with van der Waals surface area (Å²) in [4.78, 5) is 24.4. The Balaban J connectivity index is 2.01. The van der Waals surface area contributed by atoms with Crippen molar-refractivity contribution in [1.82, 2.24) is 0 Å². The van der Waals surface area contributed by atoms with Gasteiger partial charge in [-0.25, -0.2) is 4.79 Å². The Bertz CT molecular complexity index is 831. The van der Waals surface area contributed by atoms with E-state index in [9.17, 15) is 18.4 Å². The van der Waals surface area contributed by atoms with Crippen molar-refractivity contribution in [2.24, 2.45) is 0 Å². The van der Waals surface area contributed by atoms with E-state index in [2.05, 4.69) is 10.1 Å². The molecule has 0 saturated carbocycles. The fourth-order valence-corrected chi connectivity index (χ4v) is 2.33. The third kappa shape index (κ3) is 5.55. The van der Waals surface area contributed by atoms with E-state index in [-0.39, 0.29) is 22.0 Å². The maximum atomic E-state index is 12.2. The molecule has 0 fully saturated rings. The first-order chi connectivity index (χ1) is 12.8. The number of hydrogen-bond donors (Lipinski definition) is 1. The number of halogens is 3. The summed E-state index contributed by atoms with van der Waals surface area (Å²) in [5, 5.41) is 2.37. The van der Waals surface area contributed by atoms with Crippen LogP contribution in [0.15, 0.2) is 42.5 Å². The van der Waals surface area contributed by atoms with Crippen molar-refractivity contribution in [3.05, 3.63) is 53.1 Å². The Hall–Kier alpha value is -2.87. The quantitative estimate of drug-likeness (QED) is 0.708. The van der Waals surface area contributed by atoms with Crippen LogP contribution in [0, 0.1) is 0 Å². The predicted octanol–water partition coefficient (Wildman–Crippen LogP) is 4.13. The van der Waals surface area contributed by atoms with Crippen LogP contribution >= 0.6 is 11.6 Å². The van der Waals surface area contributed by atoms with Gasteiger partial charge in [0, 0.05) is 5.69 Å². The van der Waals surface area contributed by atoms with Gasteiger partial charge in [-0.05, 0) is 37.3 Å². The third-order valence-corrected chi connectivity index (χ3v) is 3.69. The predicted molar refractivity (Wildman–Crippen MR) is 94.6 cm³/mol. The van der Waals surface area contributed by atoms with Gasteiger partial charge in [-0.3, -0.25) is 4.79 Å². The molecule has 144 valence electrons. The largest absolute Gasteiger partial charge is 0.496 e. The number of amides is 1. The van der Waals surface area contributed by atoms with Crippen molar-refractivity contribution in [3.8, 4) is 11.5 Å². The second kappa shape index (κ2) is 9.18. The lowest BCUT2D eigenvalue weighted by molar-refractivity contribution is -0.123. The van der Waals surface area contributed by atoms with Gasteiger partial charge in [-0.2, -0.15) is 8.78 Å². The first-order valence-electron chi connectivity index (χ1n) is 7.71. The number of nitrogens with one attached hydrogen (secondary N) is 1. The van der Waals surface area contributed by atoms with Gasteiger partial charge in [-0.15, -0.1) is 0 Å². The maximum Gasteiger partial charge on any atom is 0.387 e. The van der Waals surface area contributed by atoms with E-state index in [1.54, 1.807) is 18.2 Å². The van der Waals surface area contributed by atoms with Gasteiger partial charge in [0.1, 0.15) is 17.1 Å². The van der Waals surface area contributed by atoms with E-state index >= 15 is 0 Å². The Kier molecular flexibility index (Phi) is 6.95. The molecular formula is C18H16ClF2NO5. The molecule has 0 heterocycles. The Morgan fingerprint density at radius 1 is 1.11 bits per heavy atom. The number of benzene rings is 2. The van der Waals surface area contributed by atoms with Crippen LogP contribution in [0.25, 0.3) is 0 Å². The monoisotopic (exact) mass is 399 g/mol. The number of alkyl halides is 2. The molecule has 1 amide bonds. The first-order valence-corrected chi connectivity index (χ1v) is 8.09. The minimum absolute atomic E-state index is 0.105. The zero-order valence-corrected chi connectivity index (χ0v) is 15.1. The maximum absolute atomic E-state index is 12.2. The van der Waals surface area contributed by atoms with Crippen molar-refractivity contribution >= 4 is 29.2 Å². The highest BCUT2D eigenvalue weighted by molar-refractivity contribution is 6.32. The Labute approximate surface area is 159 Å². The van der Waals surface area contributed by atoms with Gasteiger partial charge in [-0.1, -0.05) is 23.7 Å². The van der Waals surface area contributed by atoms with Crippen molar-refractivity contribution in [3.63, 3.8) is 0 Å². The van der Waals surface area contributed by atoms with Gasteiger partial charge >= 0.3 is 12.6 Å². The molecule has 0 radical (unpaired) electrons. The van der Waals surface area contributed by atoms with Crippen LogP contribution in [0.3, 0.4) is 0 Å². The van der Waals surface area contributed by atoms with Crippen molar-refractivity contribution in [2.45, 2.75) is 19.6 Å². The highest BCUT2D eigenvalue weighted by Gasteiger charge is 2.21. The molecule has 1 N–H and O–H groups in total. The summed E-state index contributed by atoms with van der Waals surface area (Å²) in [6, 6.07) is 10.2. The molecule has 6 nitrogen and oxygen atoms in total. The number of hydrogen-bond acceptors (Lipinski definition) is 5. The summed E-state index contributed by atoms with van der Waals surface area (Å²) in [5.41, 5.74) is 0.406. The van der Waals surface area contributed by atoms with Crippen LogP contribution in [0.4, 0.5) is 14.5 Å². The zero-order valence-electron chi connectivity index (χ0n) is 14.4. The molecule has 0 aromatic heterocycles. The standard InChI is InChI=1S/C18H16ClF2NO5/c1-10(26-17(24)12-5-3-4-6-14(12)25-2)16(23)22-11-7-8-15(13(19)9-11)27-18(20)21/h3-10,18H,1-2H3,(H,22,23). The van der Waals surface area contributed by atoms with E-state index in [4.69, 9.17) is 21.1 Å². The van der Waals surface area contributed by atoms with Crippen molar-refractivity contribution in [2.75, 3.05) is 12.4 Å². The number of carbonyl (C=O) groups is 2. The van der Waals surface area contributed by atoms with Crippen LogP contribution in [0.5, 0.6) is 11.5 Å². The number of esters is 1. The van der Waals surface area contributed by atoms with Gasteiger partial charge in [0.2, 0.25) is 0 Å². The molecule has 2 aromatic carbocycles. The topological polar surface area (TPSA) is 73.9 Å². The van der Waals surface area contributed by atoms with E-state index in [0.29, 0.717) is 5.75 Å². The summed E-state index contributed by atoms with van der Waals surface area (Å²) in [6.07, 6.45) is -1.13. The molecule has 0 bridgehead atoms. The molecule has 2 aromatic rings. The summed E-state index contributed by atoms with van der Waals surface area (Å²) >= 11 is 5.83. The number of rotatable bonds is 7. The molecule has 0 aliphatic heterocycles. The van der Waals surface area contributed by atoms with Crippen LogP contribution in [0.2, 0.25) is 5.02 Å². The molecule has 1 atom stereocenters. The molecule has 2 rings (SSSR count). The molecule has 0 aliphatic carbocycles. The average Bonchev–Trinajstić information content (AvgIpc) is 2.63. The van der Waals surface area contributed by atoms with Crippen molar-refractivity contribution < 1.29 is 32.6 Å². The summed E-state index contributed by atoms with van der Waals surface area (Å²) in [6.45, 7) is -1.63. The average molecular weight is 400 g/mol. The molecular weight excluding hydrogens is 384 g/mol. The van der Waals surface area contributed by atoms with Crippen LogP contribution in [-0.2, 0) is 9.53 Å². The summed E-state index contributed by atoms with van der Waals surface area (Å²) in [7, 11) is 1.41. The van der Waals surface area contributed by atoms with E-state index in [1.807, 2.05) is 0 Å². The molecule has 9 heteroatoms. The van der Waals surface area contributed by atoms with Crippen LogP contribution in [-0.4, -0.2) is 31.7 Å². The van der Waals surface area contributed by atoms with E-state index < -0.39 is 24.6 Å². The number of methoxy groups -OCH3 is 1. The molecule has 0 saturated heterocycles. The Morgan fingerprint density at radius 2 is 1.81 bits per heavy atom. The molecule has 27 heavy (non-hydrogen) atoms. The number of ether oxygens (including phenoxy) is 3. The lowest BCUT2D eigenvalue weighted by Crippen LogP contribution is -2.30. The third-order valence-electron chi connectivity index (χ3n) is 3.40. The second-order valence-electron chi connectivity index (χ2n) is 5.26. The smallest absolute Gasteiger partial charge is 0.387 e. The van der Waals surface area contributed by atoms with E-state index in [1.165, 1.54) is 38.3 Å². The number of anilines is 1. The van der Waals surface area contributed by atoms with Crippen molar-refractivity contribution in [1.29, 1.82) is 0 Å². The van der Waals surface area contributed by atoms with Gasteiger partial charge < -0.3 is 19.5 Å². The molecule has 0 spiro atoms. The SMILES string of the molecule is COc1ccccc1C(=O)OC(C)C(=O)Nc1ccc(OC(F)F)c(Cl)c1. The number of para-hydroxylation sites is 1. The lowest BCUT2D eigenvalue weighted by atomic mass is 10.2. The highest BCUT2D eigenvalue weighted by Crippen LogP contribution is 2.29. The highest BCUT2D eigenvalue weighted by atomic mass is 35.5. The second-order valence-corrected chi connectivity index (χ2v) is 5.67. The fourth-order valence-electron chi connectivity index (χ4n) is 2.10. The van der Waals surface area contributed by atoms with E-state index in [0.717, 1.165) is 0 Å². The number of carbonyl (C=O) groups excluding carboxylic acids is 2. The minimum atomic E-state index is -3.02.